The van der Waals surface area contributed by atoms with E-state index in [4.69, 9.17) is 23.2 Å². The minimum atomic E-state index is -3.89. The van der Waals surface area contributed by atoms with Crippen LogP contribution in [0.1, 0.15) is 44.2 Å². The lowest BCUT2D eigenvalue weighted by Crippen LogP contribution is -2.51. The molecule has 0 aliphatic heterocycles. The van der Waals surface area contributed by atoms with Crippen molar-refractivity contribution < 1.29 is 18.0 Å². The van der Waals surface area contributed by atoms with Crippen molar-refractivity contribution in [1.82, 2.24) is 14.5 Å². The molecule has 1 N–H and O–H groups in total. The molecule has 0 fully saturated rings. The third-order valence-electron chi connectivity index (χ3n) is 5.64. The minimum Gasteiger partial charge on any atom is -0.354 e. The van der Waals surface area contributed by atoms with Crippen LogP contribution in [0.15, 0.2) is 47.4 Å². The smallest absolute Gasteiger partial charge is 0.243 e. The second kappa shape index (κ2) is 13.3. The molecule has 0 aliphatic carbocycles. The Labute approximate surface area is 218 Å². The lowest BCUT2D eigenvalue weighted by Gasteiger charge is -2.32. The summed E-state index contributed by atoms with van der Waals surface area (Å²) in [7, 11) is -2.54. The maximum absolute atomic E-state index is 13.5. The SMILES string of the molecule is CCCCNC(=O)[C@@H](CC)N(Cc1ccc(Cl)c(Cl)c1)C(=O)CN(C)S(=O)(=O)c1ccc(C)cc1. The molecule has 2 amide bonds. The maximum atomic E-state index is 13.5. The number of rotatable bonds is 12. The third kappa shape index (κ3) is 7.93. The Kier molecular flexibility index (Phi) is 11.0. The maximum Gasteiger partial charge on any atom is 0.243 e. The highest BCUT2D eigenvalue weighted by molar-refractivity contribution is 7.89. The second-order valence-electron chi connectivity index (χ2n) is 8.41. The first-order chi connectivity index (χ1) is 16.5. The number of benzene rings is 2. The van der Waals surface area contributed by atoms with Crippen LogP contribution in [0.25, 0.3) is 0 Å². The summed E-state index contributed by atoms with van der Waals surface area (Å²) in [6, 6.07) is 10.6. The molecule has 0 aliphatic rings. The highest BCUT2D eigenvalue weighted by atomic mass is 35.5. The molecule has 0 bridgehead atoms. The van der Waals surface area contributed by atoms with Crippen LogP contribution in [-0.2, 0) is 26.2 Å². The van der Waals surface area contributed by atoms with Crippen molar-refractivity contribution in [2.75, 3.05) is 20.1 Å². The standard InChI is InChI=1S/C25H33Cl2N3O4S/c1-5-7-14-28-25(32)23(6-2)30(16-19-10-13-21(26)22(27)15-19)24(31)17-29(4)35(33,34)20-11-8-18(3)9-12-20/h8-13,15,23H,5-7,14,16-17H2,1-4H3,(H,28,32)/t23-/m1/s1. The van der Waals surface area contributed by atoms with E-state index in [2.05, 4.69) is 5.32 Å². The average Bonchev–Trinajstić information content (AvgIpc) is 2.81. The van der Waals surface area contributed by atoms with Crippen LogP contribution < -0.4 is 5.32 Å². The van der Waals surface area contributed by atoms with Gasteiger partial charge in [0.15, 0.2) is 0 Å². The summed E-state index contributed by atoms with van der Waals surface area (Å²) < 4.78 is 27.1. The fraction of sp³-hybridized carbons (Fsp3) is 0.440. The van der Waals surface area contributed by atoms with Crippen LogP contribution in [0.5, 0.6) is 0 Å². The molecule has 192 valence electrons. The van der Waals surface area contributed by atoms with Gasteiger partial charge < -0.3 is 10.2 Å². The molecule has 0 heterocycles. The van der Waals surface area contributed by atoms with Gasteiger partial charge in [-0.15, -0.1) is 0 Å². The largest absolute Gasteiger partial charge is 0.354 e. The predicted molar refractivity (Wildman–Crippen MR) is 140 cm³/mol. The van der Waals surface area contributed by atoms with Gasteiger partial charge in [-0.2, -0.15) is 4.31 Å². The molecule has 0 radical (unpaired) electrons. The van der Waals surface area contributed by atoms with Gasteiger partial charge in [0.2, 0.25) is 21.8 Å². The van der Waals surface area contributed by atoms with Crippen LogP contribution >= 0.6 is 23.2 Å². The lowest BCUT2D eigenvalue weighted by atomic mass is 10.1. The highest BCUT2D eigenvalue weighted by Gasteiger charge is 2.31. The molecule has 7 nitrogen and oxygen atoms in total. The van der Waals surface area contributed by atoms with E-state index in [9.17, 15) is 18.0 Å². The Balaban J connectivity index is 2.32. The van der Waals surface area contributed by atoms with E-state index < -0.39 is 28.5 Å². The Morgan fingerprint density at radius 1 is 1.03 bits per heavy atom. The second-order valence-corrected chi connectivity index (χ2v) is 11.3. The van der Waals surface area contributed by atoms with E-state index in [1.807, 2.05) is 20.8 Å². The zero-order valence-electron chi connectivity index (χ0n) is 20.6. The van der Waals surface area contributed by atoms with Crippen molar-refractivity contribution >= 4 is 45.0 Å². The number of hydrogen-bond donors (Lipinski definition) is 1. The first kappa shape index (κ1) is 29.1. The van der Waals surface area contributed by atoms with Crippen molar-refractivity contribution in [2.45, 2.75) is 57.5 Å². The summed E-state index contributed by atoms with van der Waals surface area (Å²) in [4.78, 5) is 27.9. The fourth-order valence-corrected chi connectivity index (χ4v) is 4.96. The summed E-state index contributed by atoms with van der Waals surface area (Å²) in [6.45, 7) is 5.85. The van der Waals surface area contributed by atoms with Gasteiger partial charge in [-0.1, -0.05) is 67.2 Å². The van der Waals surface area contributed by atoms with E-state index in [1.165, 1.54) is 24.1 Å². The number of unbranched alkanes of at least 4 members (excludes halogenated alkanes) is 1. The van der Waals surface area contributed by atoms with Crippen molar-refractivity contribution in [3.8, 4) is 0 Å². The molecule has 2 rings (SSSR count). The van der Waals surface area contributed by atoms with E-state index >= 15 is 0 Å². The van der Waals surface area contributed by atoms with Gasteiger partial charge in [0, 0.05) is 20.1 Å². The van der Waals surface area contributed by atoms with Crippen LogP contribution in [0.2, 0.25) is 10.0 Å². The predicted octanol–water partition coefficient (Wildman–Crippen LogP) is 4.65. The van der Waals surface area contributed by atoms with Crippen molar-refractivity contribution in [3.05, 3.63) is 63.6 Å². The number of hydrogen-bond acceptors (Lipinski definition) is 4. The number of likely N-dealkylation sites (N-methyl/N-ethyl adjacent to an activating group) is 1. The van der Waals surface area contributed by atoms with Gasteiger partial charge in [-0.25, -0.2) is 8.42 Å². The lowest BCUT2D eigenvalue weighted by molar-refractivity contribution is -0.141. The quantitative estimate of drug-likeness (QED) is 0.396. The number of sulfonamides is 1. The summed E-state index contributed by atoms with van der Waals surface area (Å²) in [5.41, 5.74) is 1.60. The van der Waals surface area contributed by atoms with Gasteiger partial charge in [-0.3, -0.25) is 9.59 Å². The van der Waals surface area contributed by atoms with Crippen molar-refractivity contribution in [2.24, 2.45) is 0 Å². The highest BCUT2D eigenvalue weighted by Crippen LogP contribution is 2.24. The molecule has 1 atom stereocenters. The molecular formula is C25H33Cl2N3O4S. The minimum absolute atomic E-state index is 0.0772. The Hall–Kier alpha value is -2.13. The summed E-state index contributed by atoms with van der Waals surface area (Å²) in [5.74, 6) is -0.773. The zero-order valence-corrected chi connectivity index (χ0v) is 22.9. The number of amides is 2. The molecule has 0 unspecified atom stereocenters. The molecule has 2 aromatic carbocycles. The van der Waals surface area contributed by atoms with Crippen LogP contribution in [-0.4, -0.2) is 55.6 Å². The first-order valence-electron chi connectivity index (χ1n) is 11.5. The Bertz CT molecular complexity index is 1120. The number of nitrogens with zero attached hydrogens (tertiary/aromatic N) is 2. The van der Waals surface area contributed by atoms with Crippen LogP contribution in [0, 0.1) is 6.92 Å². The van der Waals surface area contributed by atoms with Gasteiger partial charge >= 0.3 is 0 Å². The number of carbonyl (C=O) groups is 2. The number of nitrogens with one attached hydrogen (secondary N) is 1. The van der Waals surface area contributed by atoms with E-state index in [0.29, 0.717) is 28.6 Å². The Morgan fingerprint density at radius 2 is 1.69 bits per heavy atom. The molecule has 0 saturated carbocycles. The monoisotopic (exact) mass is 541 g/mol. The molecular weight excluding hydrogens is 509 g/mol. The van der Waals surface area contributed by atoms with E-state index in [1.54, 1.807) is 30.3 Å². The van der Waals surface area contributed by atoms with Gasteiger partial charge in [0.25, 0.3) is 0 Å². The first-order valence-corrected chi connectivity index (χ1v) is 13.7. The molecule has 2 aromatic rings. The average molecular weight is 543 g/mol. The Morgan fingerprint density at radius 3 is 2.26 bits per heavy atom. The van der Waals surface area contributed by atoms with Gasteiger partial charge in [0.05, 0.1) is 21.5 Å². The van der Waals surface area contributed by atoms with Crippen LogP contribution in [0.3, 0.4) is 0 Å². The molecule has 0 spiro atoms. The van der Waals surface area contributed by atoms with E-state index in [-0.39, 0.29) is 17.3 Å². The van der Waals surface area contributed by atoms with Crippen molar-refractivity contribution in [3.63, 3.8) is 0 Å². The molecule has 10 heteroatoms. The van der Waals surface area contributed by atoms with Crippen LogP contribution in [0.4, 0.5) is 0 Å². The van der Waals surface area contributed by atoms with Gasteiger partial charge in [0.1, 0.15) is 6.04 Å². The van der Waals surface area contributed by atoms with Crippen molar-refractivity contribution in [1.29, 1.82) is 0 Å². The number of halogens is 2. The summed E-state index contributed by atoms with van der Waals surface area (Å²) in [6.07, 6.45) is 2.10. The number of aryl methyl sites for hydroxylation is 1. The number of carbonyl (C=O) groups excluding carboxylic acids is 2. The molecule has 0 aromatic heterocycles. The van der Waals surface area contributed by atoms with E-state index in [0.717, 1.165) is 22.7 Å². The molecule has 35 heavy (non-hydrogen) atoms. The molecule has 0 saturated heterocycles. The third-order valence-corrected chi connectivity index (χ3v) is 8.20. The zero-order chi connectivity index (χ0) is 26.2. The fourth-order valence-electron chi connectivity index (χ4n) is 3.52. The summed E-state index contributed by atoms with van der Waals surface area (Å²) >= 11 is 12.2. The topological polar surface area (TPSA) is 86.8 Å². The summed E-state index contributed by atoms with van der Waals surface area (Å²) in [5, 5.41) is 3.59. The van der Waals surface area contributed by atoms with Gasteiger partial charge in [-0.05, 0) is 49.6 Å². The normalized spacial score (nSPS) is 12.4.